The molecular weight excluding hydrogens is 290 g/mol. The third-order valence-corrected chi connectivity index (χ3v) is 5.36. The number of nitrogens with zero attached hydrogens (tertiary/aromatic N) is 1. The lowest BCUT2D eigenvalue weighted by atomic mass is 9.96. The Labute approximate surface area is 134 Å². The van der Waals surface area contributed by atoms with Crippen molar-refractivity contribution in [2.75, 3.05) is 5.32 Å². The van der Waals surface area contributed by atoms with Crippen LogP contribution in [0.25, 0.3) is 22.2 Å². The molecule has 2 heterocycles. The zero-order chi connectivity index (χ0) is 14.9. The van der Waals surface area contributed by atoms with Gasteiger partial charge in [-0.15, -0.1) is 11.3 Å². The Bertz CT molecular complexity index is 781. The van der Waals surface area contributed by atoms with Gasteiger partial charge < -0.3 is 10.3 Å². The van der Waals surface area contributed by atoms with Crippen LogP contribution in [-0.4, -0.2) is 16.0 Å². The smallest absolute Gasteiger partial charge is 0.183 e. The van der Waals surface area contributed by atoms with Gasteiger partial charge in [0.05, 0.1) is 5.69 Å². The molecular formula is C18H21N3S. The lowest BCUT2D eigenvalue weighted by Gasteiger charge is -2.22. The van der Waals surface area contributed by atoms with E-state index in [4.69, 9.17) is 4.98 Å². The first-order chi connectivity index (χ1) is 10.8. The number of para-hydroxylation sites is 1. The van der Waals surface area contributed by atoms with Crippen LogP contribution in [-0.2, 0) is 0 Å². The predicted octanol–water partition coefficient (Wildman–Crippen LogP) is 5.34. The summed E-state index contributed by atoms with van der Waals surface area (Å²) in [6.45, 7) is 2.13. The summed E-state index contributed by atoms with van der Waals surface area (Å²) in [4.78, 5) is 8.31. The summed E-state index contributed by atoms with van der Waals surface area (Å²) in [5.41, 5.74) is 4.70. The van der Waals surface area contributed by atoms with Crippen LogP contribution in [0.3, 0.4) is 0 Å². The van der Waals surface area contributed by atoms with Gasteiger partial charge in [0.1, 0.15) is 0 Å². The number of aryl methyl sites for hydroxylation is 1. The first kappa shape index (κ1) is 13.8. The van der Waals surface area contributed by atoms with Gasteiger partial charge in [0, 0.05) is 33.6 Å². The van der Waals surface area contributed by atoms with E-state index in [1.807, 2.05) is 0 Å². The third kappa shape index (κ3) is 2.52. The van der Waals surface area contributed by atoms with Gasteiger partial charge in [0.25, 0.3) is 0 Å². The molecule has 0 aliphatic heterocycles. The SMILES string of the molecule is Cc1[nH]c2ccccc2c1-c1csc(NC2CCCCC2)n1. The second kappa shape index (κ2) is 5.76. The van der Waals surface area contributed by atoms with E-state index in [1.54, 1.807) is 11.3 Å². The highest BCUT2D eigenvalue weighted by Crippen LogP contribution is 2.34. The normalized spacial score (nSPS) is 16.2. The maximum atomic E-state index is 4.85. The number of rotatable bonds is 3. The topological polar surface area (TPSA) is 40.7 Å². The van der Waals surface area contributed by atoms with Crippen molar-refractivity contribution in [2.24, 2.45) is 0 Å². The predicted molar refractivity (Wildman–Crippen MR) is 94.6 cm³/mol. The van der Waals surface area contributed by atoms with Gasteiger partial charge in [-0.1, -0.05) is 37.5 Å². The van der Waals surface area contributed by atoms with E-state index in [0.717, 1.165) is 10.8 Å². The number of aromatic nitrogens is 2. The third-order valence-electron chi connectivity index (χ3n) is 4.59. The molecule has 4 rings (SSSR count). The maximum absolute atomic E-state index is 4.85. The molecule has 0 atom stereocenters. The molecule has 3 nitrogen and oxygen atoms in total. The monoisotopic (exact) mass is 311 g/mol. The van der Waals surface area contributed by atoms with Crippen LogP contribution in [0.1, 0.15) is 37.8 Å². The minimum Gasteiger partial charge on any atom is -0.359 e. The molecule has 1 fully saturated rings. The van der Waals surface area contributed by atoms with Crippen molar-refractivity contribution < 1.29 is 0 Å². The van der Waals surface area contributed by atoms with Gasteiger partial charge in [-0.05, 0) is 25.8 Å². The first-order valence-corrected chi connectivity index (χ1v) is 8.99. The van der Waals surface area contributed by atoms with Crippen LogP contribution in [0.2, 0.25) is 0 Å². The summed E-state index contributed by atoms with van der Waals surface area (Å²) in [7, 11) is 0. The Morgan fingerprint density at radius 3 is 2.86 bits per heavy atom. The van der Waals surface area contributed by atoms with Gasteiger partial charge in [0.2, 0.25) is 0 Å². The Morgan fingerprint density at radius 2 is 2.00 bits per heavy atom. The molecule has 0 saturated heterocycles. The molecule has 114 valence electrons. The molecule has 3 aromatic rings. The minimum atomic E-state index is 0.608. The summed E-state index contributed by atoms with van der Waals surface area (Å²) in [6.07, 6.45) is 6.63. The highest BCUT2D eigenvalue weighted by atomic mass is 32.1. The van der Waals surface area contributed by atoms with E-state index in [9.17, 15) is 0 Å². The molecule has 22 heavy (non-hydrogen) atoms. The van der Waals surface area contributed by atoms with Crippen molar-refractivity contribution in [3.8, 4) is 11.3 Å². The van der Waals surface area contributed by atoms with E-state index in [-0.39, 0.29) is 0 Å². The fourth-order valence-electron chi connectivity index (χ4n) is 3.48. The van der Waals surface area contributed by atoms with Crippen LogP contribution in [0.4, 0.5) is 5.13 Å². The van der Waals surface area contributed by atoms with Crippen LogP contribution in [0.5, 0.6) is 0 Å². The molecule has 1 aliphatic rings. The van der Waals surface area contributed by atoms with Gasteiger partial charge in [-0.2, -0.15) is 0 Å². The van der Waals surface area contributed by atoms with Crippen molar-refractivity contribution in [3.05, 3.63) is 35.3 Å². The minimum absolute atomic E-state index is 0.608. The molecule has 2 N–H and O–H groups in total. The molecule has 0 unspecified atom stereocenters. The number of hydrogen-bond acceptors (Lipinski definition) is 3. The zero-order valence-corrected chi connectivity index (χ0v) is 13.7. The van der Waals surface area contributed by atoms with E-state index in [1.165, 1.54) is 54.3 Å². The molecule has 1 aromatic carbocycles. The Kier molecular flexibility index (Phi) is 3.62. The van der Waals surface area contributed by atoms with Crippen molar-refractivity contribution >= 4 is 27.4 Å². The fraction of sp³-hybridized carbons (Fsp3) is 0.389. The molecule has 2 aromatic heterocycles. The molecule has 1 aliphatic carbocycles. The van der Waals surface area contributed by atoms with Gasteiger partial charge in [-0.3, -0.25) is 0 Å². The Hall–Kier alpha value is -1.81. The summed E-state index contributed by atoms with van der Waals surface area (Å²) < 4.78 is 0. The summed E-state index contributed by atoms with van der Waals surface area (Å²) in [5.74, 6) is 0. The second-order valence-corrected chi connectivity index (χ2v) is 7.05. The number of benzene rings is 1. The lowest BCUT2D eigenvalue weighted by molar-refractivity contribution is 0.462. The lowest BCUT2D eigenvalue weighted by Crippen LogP contribution is -2.21. The quantitative estimate of drug-likeness (QED) is 0.685. The number of fused-ring (bicyclic) bond motifs is 1. The first-order valence-electron chi connectivity index (χ1n) is 8.11. The van der Waals surface area contributed by atoms with Crippen molar-refractivity contribution in [3.63, 3.8) is 0 Å². The number of aromatic amines is 1. The van der Waals surface area contributed by atoms with Crippen LogP contribution >= 0.6 is 11.3 Å². The van der Waals surface area contributed by atoms with E-state index < -0.39 is 0 Å². The van der Waals surface area contributed by atoms with Crippen molar-refractivity contribution in [1.29, 1.82) is 0 Å². The van der Waals surface area contributed by atoms with Crippen LogP contribution in [0, 0.1) is 6.92 Å². The summed E-state index contributed by atoms with van der Waals surface area (Å²) in [5, 5.41) is 8.12. The van der Waals surface area contributed by atoms with Gasteiger partial charge in [0.15, 0.2) is 5.13 Å². The van der Waals surface area contributed by atoms with E-state index in [2.05, 4.69) is 46.9 Å². The average molecular weight is 311 g/mol. The molecule has 0 spiro atoms. The number of thiazole rings is 1. The van der Waals surface area contributed by atoms with Gasteiger partial charge in [-0.25, -0.2) is 4.98 Å². The van der Waals surface area contributed by atoms with Crippen LogP contribution < -0.4 is 5.32 Å². The standard InChI is InChI=1S/C18H21N3S/c1-12-17(14-9-5-6-10-15(14)19-12)16-11-22-18(21-16)20-13-7-3-2-4-8-13/h5-6,9-11,13,19H,2-4,7-8H2,1H3,(H,20,21). The Morgan fingerprint density at radius 1 is 1.18 bits per heavy atom. The molecule has 0 radical (unpaired) electrons. The number of anilines is 1. The van der Waals surface area contributed by atoms with E-state index >= 15 is 0 Å². The molecule has 1 saturated carbocycles. The number of H-pyrrole nitrogens is 1. The van der Waals surface area contributed by atoms with Crippen molar-refractivity contribution in [2.45, 2.75) is 45.1 Å². The largest absolute Gasteiger partial charge is 0.359 e. The second-order valence-electron chi connectivity index (χ2n) is 6.19. The highest BCUT2D eigenvalue weighted by molar-refractivity contribution is 7.14. The number of hydrogen-bond donors (Lipinski definition) is 2. The molecule has 4 heteroatoms. The molecule has 0 bridgehead atoms. The highest BCUT2D eigenvalue weighted by Gasteiger charge is 2.17. The zero-order valence-electron chi connectivity index (χ0n) is 12.9. The average Bonchev–Trinajstić information content (AvgIpc) is 3.11. The maximum Gasteiger partial charge on any atom is 0.183 e. The van der Waals surface area contributed by atoms with Gasteiger partial charge >= 0.3 is 0 Å². The van der Waals surface area contributed by atoms with E-state index in [0.29, 0.717) is 6.04 Å². The van der Waals surface area contributed by atoms with Crippen LogP contribution in [0.15, 0.2) is 29.6 Å². The number of nitrogens with one attached hydrogen (secondary N) is 2. The Balaban J connectivity index is 1.64. The summed E-state index contributed by atoms with van der Waals surface area (Å²) >= 11 is 1.72. The molecule has 0 amide bonds. The summed E-state index contributed by atoms with van der Waals surface area (Å²) in [6, 6.07) is 9.06. The fourth-order valence-corrected chi connectivity index (χ4v) is 4.26. The van der Waals surface area contributed by atoms with Crippen molar-refractivity contribution in [1.82, 2.24) is 9.97 Å².